The fourth-order valence-corrected chi connectivity index (χ4v) is 22.1. The quantitative estimate of drug-likeness (QED) is 0.0194. The van der Waals surface area contributed by atoms with Gasteiger partial charge in [0, 0.05) is 139 Å². The van der Waals surface area contributed by atoms with Crippen LogP contribution in [0.4, 0.5) is 58.4 Å². The monoisotopic (exact) mass is 2060 g/mol. The molecule has 0 bridgehead atoms. The largest absolute Gasteiger partial charge is 0.394 e. The minimum atomic E-state index is -2.97. The number of aliphatic hydroxyl groups excluding tert-OH is 4. The zero-order valence-electron chi connectivity index (χ0n) is 82.9. The lowest BCUT2D eigenvalue weighted by Crippen LogP contribution is -2.40. The van der Waals surface area contributed by atoms with Gasteiger partial charge in [-0.25, -0.2) is 75.0 Å². The number of pyridine rings is 4. The lowest BCUT2D eigenvalue weighted by Gasteiger charge is -2.20. The number of nitrogens with zero attached hydrogens (tertiary/aromatic N) is 12. The summed E-state index contributed by atoms with van der Waals surface area (Å²) >= 11 is 4.13. The molecule has 12 heterocycles. The number of carbonyl (C=O) groups excluding carboxylic acids is 8. The highest BCUT2D eigenvalue weighted by atomic mass is 32.1. The van der Waals surface area contributed by atoms with E-state index in [9.17, 15) is 93.9 Å². The van der Waals surface area contributed by atoms with Gasteiger partial charge in [0.2, 0.25) is 0 Å². The topological polar surface area (TPSA) is 430 Å². The predicted molar refractivity (Wildman–Crippen MR) is 531 cm³/mol. The smallest absolute Gasteiger partial charge is 0.280 e. The second-order valence-corrected chi connectivity index (χ2v) is 42.9. The number of alkyl halides is 8. The van der Waals surface area contributed by atoms with E-state index in [4.69, 9.17) is 0 Å². The zero-order valence-corrected chi connectivity index (χ0v) is 86.2. The van der Waals surface area contributed by atoms with Crippen LogP contribution in [0.25, 0.3) is 41.8 Å². The highest BCUT2D eigenvalue weighted by Gasteiger charge is 2.51. The summed E-state index contributed by atoms with van der Waals surface area (Å²) in [6.07, 6.45) is 12.5. The highest BCUT2D eigenvalue weighted by Crippen LogP contribution is 2.45. The Morgan fingerprint density at radius 3 is 0.859 bits per heavy atom. The summed E-state index contributed by atoms with van der Waals surface area (Å²) < 4.78 is 112. The third-order valence-corrected chi connectivity index (χ3v) is 31.0. The van der Waals surface area contributed by atoms with Crippen LogP contribution in [0.3, 0.4) is 0 Å². The Hall–Kier alpha value is -10.6. The number of aliphatic hydroxyl groups is 4. The zero-order chi connectivity index (χ0) is 104. The van der Waals surface area contributed by atoms with Crippen LogP contribution in [-0.2, 0) is 0 Å². The van der Waals surface area contributed by atoms with Crippen molar-refractivity contribution in [1.82, 2.24) is 80.7 Å². The maximum atomic E-state index is 14.1. The van der Waals surface area contributed by atoms with Crippen LogP contribution in [0.2, 0.25) is 0 Å². The molecule has 12 N–H and O–H groups in total. The fourth-order valence-electron chi connectivity index (χ4n) is 17.9. The molecule has 15 atom stereocenters. The van der Waals surface area contributed by atoms with Gasteiger partial charge in [-0.05, 0) is 220 Å². The van der Waals surface area contributed by atoms with Crippen molar-refractivity contribution in [3.05, 3.63) is 114 Å². The molecule has 15 rings (SSSR count). The lowest BCUT2D eigenvalue weighted by atomic mass is 10.1. The van der Waals surface area contributed by atoms with E-state index in [-0.39, 0.29) is 91.7 Å². The van der Waals surface area contributed by atoms with E-state index in [0.29, 0.717) is 116 Å². The Bertz CT molecular complexity index is 5690. The van der Waals surface area contributed by atoms with Crippen molar-refractivity contribution in [3.63, 3.8) is 0 Å². The van der Waals surface area contributed by atoms with Gasteiger partial charge in [-0.1, -0.05) is 27.7 Å². The number of hydrogen-bond donors (Lipinski definition) is 12. The minimum absolute atomic E-state index is 0.0125. The number of aryl methyl sites for hydroxylation is 4. The summed E-state index contributed by atoms with van der Waals surface area (Å²) in [4.78, 5) is 147. The molecular weight excluding hydrogens is 1930 g/mol. The van der Waals surface area contributed by atoms with Gasteiger partial charge in [-0.15, -0.1) is 45.3 Å². The second kappa shape index (κ2) is 46.6. The first-order valence-corrected chi connectivity index (χ1v) is 51.8. The Labute approximate surface area is 836 Å². The van der Waals surface area contributed by atoms with Gasteiger partial charge in [-0.2, -0.15) is 0 Å². The molecule has 0 spiro atoms. The second-order valence-electron chi connectivity index (χ2n) is 38.9. The van der Waals surface area contributed by atoms with Crippen LogP contribution in [0.15, 0.2) is 49.1 Å². The van der Waals surface area contributed by atoms with E-state index in [1.165, 1.54) is 0 Å². The Balaban J connectivity index is 0.000000169. The van der Waals surface area contributed by atoms with Gasteiger partial charge in [0.05, 0.1) is 76.6 Å². The summed E-state index contributed by atoms with van der Waals surface area (Å²) in [6, 6.07) is 4.47. The van der Waals surface area contributed by atoms with E-state index in [0.717, 1.165) is 119 Å². The Morgan fingerprint density at radius 1 is 0.387 bits per heavy atom. The molecule has 7 aliphatic rings. The van der Waals surface area contributed by atoms with Gasteiger partial charge in [0.15, 0.2) is 20.0 Å². The third-order valence-electron chi connectivity index (χ3n) is 26.6. The molecule has 3 saturated carbocycles. The van der Waals surface area contributed by atoms with Gasteiger partial charge < -0.3 is 82.6 Å². The molecule has 4 aliphatic heterocycles. The van der Waals surface area contributed by atoms with Gasteiger partial charge in [0.25, 0.3) is 70.9 Å². The number of hydrogen-bond acceptors (Lipinski definition) is 28. The molecule has 3 aliphatic carbocycles. The van der Waals surface area contributed by atoms with E-state index >= 15 is 0 Å². The summed E-state index contributed by atoms with van der Waals surface area (Å²) in [6.45, 7) is 28.9. The third kappa shape index (κ3) is 27.3. The molecule has 8 aromatic heterocycles. The molecule has 8 amide bonds. The van der Waals surface area contributed by atoms with Crippen LogP contribution >= 0.6 is 45.3 Å². The van der Waals surface area contributed by atoms with Crippen molar-refractivity contribution in [3.8, 4) is 41.8 Å². The van der Waals surface area contributed by atoms with Crippen LogP contribution in [0.5, 0.6) is 0 Å². The van der Waals surface area contributed by atoms with Gasteiger partial charge >= 0.3 is 0 Å². The first kappa shape index (κ1) is 110. The van der Waals surface area contributed by atoms with Crippen molar-refractivity contribution >= 4 is 116 Å². The van der Waals surface area contributed by atoms with Crippen molar-refractivity contribution < 1.29 is 93.9 Å². The van der Waals surface area contributed by atoms with E-state index < -0.39 is 171 Å². The van der Waals surface area contributed by atoms with E-state index in [1.54, 1.807) is 59.4 Å². The van der Waals surface area contributed by atoms with Crippen molar-refractivity contribution in [1.29, 1.82) is 0 Å². The molecule has 4 saturated heterocycles. The van der Waals surface area contributed by atoms with E-state index in [1.807, 2.05) is 79.7 Å². The van der Waals surface area contributed by atoms with Gasteiger partial charge in [0.1, 0.15) is 46.0 Å². The first-order valence-electron chi connectivity index (χ1n) is 48.5. The van der Waals surface area contributed by atoms with Crippen molar-refractivity contribution in [2.24, 2.45) is 0 Å². The molecular formula is C98H130F8N20O12S4. The van der Waals surface area contributed by atoms with Crippen molar-refractivity contribution in [2.75, 3.05) is 54.1 Å². The number of halogens is 8. The number of aromatic nitrogens is 8. The molecule has 0 aromatic carbocycles. The number of thiazole rings is 4. The normalized spacial score (nSPS) is 22.9. The molecule has 44 heteroatoms. The average Bonchev–Trinajstić information content (AvgIpc) is 1.64. The van der Waals surface area contributed by atoms with Crippen LogP contribution < -0.4 is 42.5 Å². The van der Waals surface area contributed by atoms with Crippen LogP contribution in [0.1, 0.15) is 303 Å². The summed E-state index contributed by atoms with van der Waals surface area (Å²) in [5.74, 6) is -13.6. The average molecular weight is 2060 g/mol. The molecule has 7 fully saturated rings. The number of rotatable bonds is 29. The van der Waals surface area contributed by atoms with Crippen molar-refractivity contribution in [2.45, 2.75) is 341 Å². The number of amides is 8. The first-order chi connectivity index (χ1) is 66.9. The van der Waals surface area contributed by atoms with Crippen LogP contribution in [-0.4, -0.2) is 274 Å². The summed E-state index contributed by atoms with van der Waals surface area (Å²) in [5.41, 5.74) is 5.59. The minimum Gasteiger partial charge on any atom is -0.394 e. The molecule has 0 radical (unpaired) electrons. The van der Waals surface area contributed by atoms with Crippen LogP contribution in [0, 0.1) is 27.7 Å². The maximum absolute atomic E-state index is 14.1. The SMILES string of the molecule is CC[C@@H](C)Nc1cc(C)c(-c2sc(C(=O)N[C@@H]3CC[C@@H](O)C3)nc2C(=O)N2CC(F)(F)C[C@@H]2C)cn1.CC[C@@H](C)Nc1cc(C)c(-c2sc(C(=O)N[C@H](C)CO)nc2C(=O)N2CC(F)(F)C[C@@H]2C)cn1.CC[C@@H](C)Nc1cc(C)c(-c2sc(C(=O)N[C@H]3CCC[C@@H]3O)nc2C(=O)N2CC(F)(F)C[C@@H]2C)cn1.CC[C@@H](C)Nc1cc(C)c(-c2sc(C(=O)N[C@H]3CC[C@H](O)C3)nc2C(=O)N2CC(F)(F)C[C@@H]2C)cn1. The standard InChI is InChI=1S/3C25H33F2N5O3S.C23H31F2N5O3S/c2*1-5-14(3)29-19-8-13(2)18(11-28-19)21-20(24(35)32-12-25(26,27)10-15(32)4)31-23(36-21)22(34)30-16-6-7-17(33)9-16;1-5-14(3)29-19-9-13(2)16(11-28-19)21-20(24(35)32-12-25(26,27)10-15(32)4)31-23(36-21)22(34)30-17-7-6-8-18(17)33;1-6-13(3)27-17-7-12(2)16(9-26-17)19-18(22(33)30-11-23(24,25)8-15(30)5)29-21(34-19)20(32)28-14(4)10-31/h2*8,11,14-17,33H,5-7,9-10,12H2,1-4H3,(H,28,29)(H,30,34);9,11,14-15,17-18,33H,5-8,10,12H2,1-4H3,(H,28,29)(H,30,34);7,9,13-15,31H,6,8,10-11H2,1-5H3,(H,26,27)(H,28,32)/t14-,15+,16+,17+;14-,15+,16-,17-;14-,15+,17+,18+;13-,14-,15+/m1111/s1. The number of likely N-dealkylation sites (tertiary alicyclic amines) is 4. The molecule has 0 unspecified atom stereocenters. The fraction of sp³-hybridized carbons (Fsp3) is 0.592. The number of nitrogens with one attached hydrogen (secondary N) is 8. The molecule has 142 heavy (non-hydrogen) atoms. The predicted octanol–water partition coefficient (Wildman–Crippen LogP) is 16.4. The maximum Gasteiger partial charge on any atom is 0.280 e. The highest BCUT2D eigenvalue weighted by molar-refractivity contribution is 7.18. The summed E-state index contributed by atoms with van der Waals surface area (Å²) in [5, 5.41) is 63.5. The molecule has 32 nitrogen and oxygen atoms in total. The Kier molecular flexibility index (Phi) is 36.1. The molecule has 8 aromatic rings. The number of anilines is 4. The summed E-state index contributed by atoms with van der Waals surface area (Å²) in [7, 11) is 0. The van der Waals surface area contributed by atoms with E-state index in [2.05, 4.69) is 110 Å². The van der Waals surface area contributed by atoms with Gasteiger partial charge in [-0.3, -0.25) is 38.4 Å². The Morgan fingerprint density at radius 2 is 0.648 bits per heavy atom. The molecule has 774 valence electrons. The number of carbonyl (C=O) groups is 8. The lowest BCUT2D eigenvalue weighted by molar-refractivity contribution is 0.0115.